The largest absolute Gasteiger partial charge is 0.474 e. The maximum absolute atomic E-state index is 11.4. The number of para-hydroxylation sites is 1. The standard InChI is InChI=1S/C18H16O5.C5H10/c1-10-16(9-19)23-18(11(2)17(10)21-12(3)20)15-8-13-6-4-5-7-14(13)22-15;1-2-4-5-3-1/h4-9,16H,1-3H3;1-5H2. The van der Waals surface area contributed by atoms with Crippen molar-refractivity contribution >= 4 is 29.0 Å². The fourth-order valence-corrected chi connectivity index (χ4v) is 3.48. The summed E-state index contributed by atoms with van der Waals surface area (Å²) in [4.78, 5) is 22.7. The molecular formula is C23H26O5. The zero-order chi connectivity index (χ0) is 20.1. The maximum atomic E-state index is 11.4. The summed E-state index contributed by atoms with van der Waals surface area (Å²) in [5.74, 6) is 0.804. The lowest BCUT2D eigenvalue weighted by Crippen LogP contribution is -2.23. The third-order valence-electron chi connectivity index (χ3n) is 4.98. The van der Waals surface area contributed by atoms with Gasteiger partial charge in [-0.3, -0.25) is 9.59 Å². The lowest BCUT2D eigenvalue weighted by Gasteiger charge is -2.26. The molecule has 1 aromatic carbocycles. The normalized spacial score (nSPS) is 19.2. The van der Waals surface area contributed by atoms with E-state index in [9.17, 15) is 9.59 Å². The average Bonchev–Trinajstić information content (AvgIpc) is 3.37. The van der Waals surface area contributed by atoms with Crippen molar-refractivity contribution in [3.8, 4) is 0 Å². The summed E-state index contributed by atoms with van der Waals surface area (Å²) in [7, 11) is 0. The highest BCUT2D eigenvalue weighted by atomic mass is 16.5. The van der Waals surface area contributed by atoms with Crippen molar-refractivity contribution in [2.24, 2.45) is 0 Å². The fourth-order valence-electron chi connectivity index (χ4n) is 3.48. The Morgan fingerprint density at radius 1 is 1.11 bits per heavy atom. The molecule has 0 bridgehead atoms. The molecule has 1 aliphatic carbocycles. The summed E-state index contributed by atoms with van der Waals surface area (Å²) in [6.45, 7) is 4.79. The molecule has 0 radical (unpaired) electrons. The molecule has 2 aliphatic rings. The van der Waals surface area contributed by atoms with Gasteiger partial charge in [0.25, 0.3) is 0 Å². The molecule has 2 heterocycles. The highest BCUT2D eigenvalue weighted by molar-refractivity contribution is 5.83. The molecule has 1 unspecified atom stereocenters. The highest BCUT2D eigenvalue weighted by Gasteiger charge is 2.30. The van der Waals surface area contributed by atoms with Crippen LogP contribution >= 0.6 is 0 Å². The number of ether oxygens (including phenoxy) is 2. The molecule has 5 nitrogen and oxygen atoms in total. The van der Waals surface area contributed by atoms with Crippen LogP contribution in [0, 0.1) is 0 Å². The lowest BCUT2D eigenvalue weighted by atomic mass is 10.0. The summed E-state index contributed by atoms with van der Waals surface area (Å²) in [6.07, 6.45) is 7.37. The molecule has 2 aromatic rings. The van der Waals surface area contributed by atoms with E-state index >= 15 is 0 Å². The van der Waals surface area contributed by atoms with Crippen molar-refractivity contribution in [1.29, 1.82) is 0 Å². The van der Waals surface area contributed by atoms with Crippen molar-refractivity contribution in [3.63, 3.8) is 0 Å². The van der Waals surface area contributed by atoms with Crippen LogP contribution in [-0.2, 0) is 19.1 Å². The zero-order valence-corrected chi connectivity index (χ0v) is 16.6. The number of esters is 1. The Morgan fingerprint density at radius 3 is 2.32 bits per heavy atom. The first-order valence-corrected chi connectivity index (χ1v) is 9.72. The smallest absolute Gasteiger partial charge is 0.308 e. The number of hydrogen-bond donors (Lipinski definition) is 0. The molecule has 0 N–H and O–H groups in total. The highest BCUT2D eigenvalue weighted by Crippen LogP contribution is 2.36. The van der Waals surface area contributed by atoms with Crippen LogP contribution in [0.5, 0.6) is 0 Å². The van der Waals surface area contributed by atoms with Gasteiger partial charge in [-0.1, -0.05) is 50.3 Å². The molecule has 0 spiro atoms. The van der Waals surface area contributed by atoms with Gasteiger partial charge in [-0.05, 0) is 26.0 Å². The van der Waals surface area contributed by atoms with Gasteiger partial charge in [0.2, 0.25) is 0 Å². The molecule has 28 heavy (non-hydrogen) atoms. The molecule has 1 saturated carbocycles. The number of rotatable bonds is 3. The second kappa shape index (κ2) is 8.91. The molecule has 5 heteroatoms. The second-order valence-electron chi connectivity index (χ2n) is 7.15. The predicted molar refractivity (Wildman–Crippen MR) is 107 cm³/mol. The number of benzene rings is 1. The van der Waals surface area contributed by atoms with E-state index in [0.29, 0.717) is 34.7 Å². The summed E-state index contributed by atoms with van der Waals surface area (Å²) < 4.78 is 16.8. The van der Waals surface area contributed by atoms with Gasteiger partial charge in [-0.2, -0.15) is 0 Å². The Balaban J connectivity index is 0.000000391. The predicted octanol–water partition coefficient (Wildman–Crippen LogP) is 5.55. The molecular weight excluding hydrogens is 356 g/mol. The third-order valence-corrected chi connectivity index (χ3v) is 4.98. The van der Waals surface area contributed by atoms with E-state index in [1.807, 2.05) is 30.3 Å². The van der Waals surface area contributed by atoms with Crippen molar-refractivity contribution in [2.45, 2.75) is 59.0 Å². The Kier molecular flexibility index (Phi) is 6.34. The first kappa shape index (κ1) is 19.9. The number of carbonyl (C=O) groups is 2. The van der Waals surface area contributed by atoms with Crippen LogP contribution in [0.25, 0.3) is 16.7 Å². The summed E-state index contributed by atoms with van der Waals surface area (Å²) in [5.41, 5.74) is 1.90. The van der Waals surface area contributed by atoms with E-state index in [4.69, 9.17) is 13.9 Å². The van der Waals surface area contributed by atoms with Crippen LogP contribution in [0.4, 0.5) is 0 Å². The van der Waals surface area contributed by atoms with Crippen LogP contribution in [-0.4, -0.2) is 18.4 Å². The Morgan fingerprint density at radius 2 is 1.75 bits per heavy atom. The van der Waals surface area contributed by atoms with Gasteiger partial charge in [-0.15, -0.1) is 0 Å². The van der Waals surface area contributed by atoms with Crippen molar-refractivity contribution < 1.29 is 23.5 Å². The molecule has 1 aromatic heterocycles. The summed E-state index contributed by atoms with van der Waals surface area (Å²) in [5, 5.41) is 0.925. The molecule has 0 amide bonds. The molecule has 1 fully saturated rings. The molecule has 148 valence electrons. The van der Waals surface area contributed by atoms with Crippen molar-refractivity contribution in [3.05, 3.63) is 53.0 Å². The molecule has 4 rings (SSSR count). The third kappa shape index (κ3) is 4.35. The minimum Gasteiger partial charge on any atom is -0.474 e. The van der Waals surface area contributed by atoms with E-state index in [0.717, 1.165) is 11.0 Å². The van der Waals surface area contributed by atoms with Gasteiger partial charge >= 0.3 is 5.97 Å². The van der Waals surface area contributed by atoms with E-state index in [-0.39, 0.29) is 0 Å². The zero-order valence-electron chi connectivity index (χ0n) is 16.6. The summed E-state index contributed by atoms with van der Waals surface area (Å²) >= 11 is 0. The topological polar surface area (TPSA) is 65.7 Å². The number of aldehydes is 1. The maximum Gasteiger partial charge on any atom is 0.308 e. The number of allylic oxidation sites excluding steroid dienone is 1. The summed E-state index contributed by atoms with van der Waals surface area (Å²) in [6, 6.07) is 9.39. The lowest BCUT2D eigenvalue weighted by molar-refractivity contribution is -0.137. The monoisotopic (exact) mass is 382 g/mol. The van der Waals surface area contributed by atoms with Gasteiger partial charge in [0.1, 0.15) is 11.3 Å². The van der Waals surface area contributed by atoms with Crippen LogP contribution in [0.15, 0.2) is 51.7 Å². The van der Waals surface area contributed by atoms with Crippen LogP contribution in [0.1, 0.15) is 58.6 Å². The quantitative estimate of drug-likeness (QED) is 0.514. The molecule has 1 aliphatic heterocycles. The minimum atomic E-state index is -0.809. The van der Waals surface area contributed by atoms with Gasteiger partial charge in [0, 0.05) is 23.5 Å². The Labute approximate surface area is 165 Å². The van der Waals surface area contributed by atoms with E-state index < -0.39 is 12.1 Å². The van der Waals surface area contributed by atoms with Gasteiger partial charge < -0.3 is 13.9 Å². The number of carbonyl (C=O) groups excluding carboxylic acids is 2. The van der Waals surface area contributed by atoms with Gasteiger partial charge in [-0.25, -0.2) is 0 Å². The Bertz CT molecular complexity index is 887. The number of furan rings is 1. The number of hydrogen-bond acceptors (Lipinski definition) is 5. The van der Waals surface area contributed by atoms with Crippen LogP contribution in [0.3, 0.4) is 0 Å². The Hall–Kier alpha value is -2.82. The average molecular weight is 382 g/mol. The minimum absolute atomic E-state index is 0.358. The van der Waals surface area contributed by atoms with Crippen molar-refractivity contribution in [1.82, 2.24) is 0 Å². The molecule has 1 atom stereocenters. The van der Waals surface area contributed by atoms with E-state index in [1.54, 1.807) is 13.8 Å². The fraction of sp³-hybridized carbons (Fsp3) is 0.391. The SMILES string of the molecule is C1CCCC1.CC(=O)OC1=C(C)C(C=O)OC(c2cc3ccccc3o2)=C1C. The van der Waals surface area contributed by atoms with E-state index in [1.165, 1.54) is 39.0 Å². The molecule has 0 saturated heterocycles. The first-order chi connectivity index (χ1) is 13.5. The van der Waals surface area contributed by atoms with Crippen molar-refractivity contribution in [2.75, 3.05) is 0 Å². The van der Waals surface area contributed by atoms with Gasteiger partial charge in [0.15, 0.2) is 23.9 Å². The second-order valence-corrected chi connectivity index (χ2v) is 7.15. The number of fused-ring (bicyclic) bond motifs is 1. The first-order valence-electron chi connectivity index (χ1n) is 9.72. The van der Waals surface area contributed by atoms with Gasteiger partial charge in [0.05, 0.1) is 0 Å². The van der Waals surface area contributed by atoms with Crippen LogP contribution in [0.2, 0.25) is 0 Å². The van der Waals surface area contributed by atoms with Crippen LogP contribution < -0.4 is 0 Å². The van der Waals surface area contributed by atoms with E-state index in [2.05, 4.69) is 0 Å².